The van der Waals surface area contributed by atoms with Gasteiger partial charge in [0, 0.05) is 18.2 Å². The molecular weight excluding hydrogens is 250 g/mol. The summed E-state index contributed by atoms with van der Waals surface area (Å²) in [5.41, 5.74) is 1.17. The first-order chi connectivity index (χ1) is 9.67. The molecular formula is C17H31NO2. The molecule has 1 heterocycles. The number of unbranched alkanes of at least 4 members (excludes halogenated alkanes) is 1. The Morgan fingerprint density at radius 2 is 2.10 bits per heavy atom. The van der Waals surface area contributed by atoms with E-state index < -0.39 is 0 Å². The second kappa shape index (κ2) is 10.0. The second-order valence-corrected chi connectivity index (χ2v) is 5.84. The predicted octanol–water partition coefficient (Wildman–Crippen LogP) is 4.51. The van der Waals surface area contributed by atoms with Gasteiger partial charge in [-0.3, -0.25) is 0 Å². The van der Waals surface area contributed by atoms with Gasteiger partial charge in [0.25, 0.3) is 0 Å². The van der Waals surface area contributed by atoms with Gasteiger partial charge in [0.05, 0.1) is 19.4 Å². The lowest BCUT2D eigenvalue weighted by molar-refractivity contribution is 0.0809. The fraction of sp³-hybridized carbons (Fsp3) is 0.765. The highest BCUT2D eigenvalue weighted by atomic mass is 16.5. The Balaban J connectivity index is 2.32. The fourth-order valence-electron chi connectivity index (χ4n) is 2.18. The minimum Gasteiger partial charge on any atom is -0.468 e. The highest BCUT2D eigenvalue weighted by Gasteiger charge is 2.09. The summed E-state index contributed by atoms with van der Waals surface area (Å²) in [6, 6.07) is 2.48. The van der Waals surface area contributed by atoms with Crippen LogP contribution in [0.1, 0.15) is 64.7 Å². The number of furan rings is 1. The molecule has 1 atom stereocenters. The van der Waals surface area contributed by atoms with Gasteiger partial charge in [-0.25, -0.2) is 0 Å². The Morgan fingerprint density at radius 1 is 1.30 bits per heavy atom. The van der Waals surface area contributed by atoms with Gasteiger partial charge in [-0.2, -0.15) is 0 Å². The molecule has 3 nitrogen and oxygen atoms in total. The molecule has 0 amide bonds. The van der Waals surface area contributed by atoms with Gasteiger partial charge in [-0.15, -0.1) is 0 Å². The lowest BCUT2D eigenvalue weighted by Crippen LogP contribution is -2.22. The number of rotatable bonds is 11. The zero-order chi connectivity index (χ0) is 14.8. The van der Waals surface area contributed by atoms with E-state index in [0.717, 1.165) is 18.9 Å². The number of hydrogen-bond donors (Lipinski definition) is 1. The fourth-order valence-corrected chi connectivity index (χ4v) is 2.18. The van der Waals surface area contributed by atoms with Gasteiger partial charge >= 0.3 is 0 Å². The van der Waals surface area contributed by atoms with Crippen molar-refractivity contribution in [2.75, 3.05) is 6.61 Å². The van der Waals surface area contributed by atoms with Crippen molar-refractivity contribution in [3.63, 3.8) is 0 Å². The van der Waals surface area contributed by atoms with Crippen LogP contribution in [-0.4, -0.2) is 12.6 Å². The maximum absolute atomic E-state index is 5.89. The molecule has 116 valence electrons. The van der Waals surface area contributed by atoms with Crippen molar-refractivity contribution in [3.8, 4) is 0 Å². The lowest BCUT2D eigenvalue weighted by atomic mass is 10.0. The van der Waals surface area contributed by atoms with Crippen molar-refractivity contribution in [2.45, 2.75) is 72.6 Å². The van der Waals surface area contributed by atoms with Gasteiger partial charge < -0.3 is 14.5 Å². The first-order valence-corrected chi connectivity index (χ1v) is 8.03. The van der Waals surface area contributed by atoms with Crippen molar-refractivity contribution in [1.29, 1.82) is 0 Å². The third kappa shape index (κ3) is 6.58. The zero-order valence-electron chi connectivity index (χ0n) is 13.6. The summed E-state index contributed by atoms with van der Waals surface area (Å²) in [7, 11) is 0. The molecule has 1 N–H and O–H groups in total. The van der Waals surface area contributed by atoms with Gasteiger partial charge in [0.15, 0.2) is 0 Å². The minimum absolute atomic E-state index is 0.465. The van der Waals surface area contributed by atoms with E-state index in [0.29, 0.717) is 18.6 Å². The maximum Gasteiger partial charge on any atom is 0.123 e. The maximum atomic E-state index is 5.89. The average molecular weight is 281 g/mol. The van der Waals surface area contributed by atoms with Gasteiger partial charge in [-0.1, -0.05) is 47.0 Å². The van der Waals surface area contributed by atoms with Crippen LogP contribution in [0.4, 0.5) is 0 Å². The molecule has 0 radical (unpaired) electrons. The average Bonchev–Trinajstić information content (AvgIpc) is 2.87. The monoisotopic (exact) mass is 281 g/mol. The minimum atomic E-state index is 0.465. The Morgan fingerprint density at radius 3 is 2.75 bits per heavy atom. The molecule has 1 unspecified atom stereocenters. The van der Waals surface area contributed by atoms with E-state index in [1.165, 1.54) is 31.2 Å². The van der Waals surface area contributed by atoms with E-state index in [1.807, 2.05) is 6.07 Å². The SMILES string of the molecule is CCCCC(CC)COCc1ccoc1CNC(C)C. The standard InChI is InChI=1S/C17H31NO2/c1-5-7-8-15(6-2)12-19-13-16-9-10-20-17(16)11-18-14(3)4/h9-10,14-15,18H,5-8,11-13H2,1-4H3. The largest absolute Gasteiger partial charge is 0.468 e. The van der Waals surface area contributed by atoms with Crippen molar-refractivity contribution in [3.05, 3.63) is 23.7 Å². The van der Waals surface area contributed by atoms with E-state index in [1.54, 1.807) is 6.26 Å². The van der Waals surface area contributed by atoms with Gasteiger partial charge in [-0.05, 0) is 18.4 Å². The summed E-state index contributed by atoms with van der Waals surface area (Å²) < 4.78 is 11.4. The molecule has 0 bridgehead atoms. The van der Waals surface area contributed by atoms with Crippen LogP contribution in [0.15, 0.2) is 16.7 Å². The zero-order valence-corrected chi connectivity index (χ0v) is 13.6. The topological polar surface area (TPSA) is 34.4 Å². The Kier molecular flexibility index (Phi) is 8.63. The molecule has 0 aromatic carbocycles. The normalized spacial score (nSPS) is 13.1. The van der Waals surface area contributed by atoms with E-state index in [9.17, 15) is 0 Å². The molecule has 0 saturated heterocycles. The van der Waals surface area contributed by atoms with Gasteiger partial charge in [0.2, 0.25) is 0 Å². The predicted molar refractivity (Wildman–Crippen MR) is 83.6 cm³/mol. The summed E-state index contributed by atoms with van der Waals surface area (Å²) in [4.78, 5) is 0. The van der Waals surface area contributed by atoms with Crippen LogP contribution >= 0.6 is 0 Å². The van der Waals surface area contributed by atoms with Crippen LogP contribution < -0.4 is 5.32 Å². The number of ether oxygens (including phenoxy) is 1. The Bertz CT molecular complexity index is 347. The lowest BCUT2D eigenvalue weighted by Gasteiger charge is -2.14. The molecule has 0 spiro atoms. The van der Waals surface area contributed by atoms with E-state index in [-0.39, 0.29) is 0 Å². The summed E-state index contributed by atoms with van der Waals surface area (Å²) in [5.74, 6) is 1.69. The number of nitrogens with one attached hydrogen (secondary N) is 1. The molecule has 1 aromatic rings. The van der Waals surface area contributed by atoms with E-state index in [4.69, 9.17) is 9.15 Å². The highest BCUT2D eigenvalue weighted by Crippen LogP contribution is 2.16. The van der Waals surface area contributed by atoms with Crippen LogP contribution in [0.5, 0.6) is 0 Å². The Labute approximate surface area is 124 Å². The quantitative estimate of drug-likeness (QED) is 0.648. The van der Waals surface area contributed by atoms with Crippen molar-refractivity contribution in [1.82, 2.24) is 5.32 Å². The molecule has 0 fully saturated rings. The molecule has 20 heavy (non-hydrogen) atoms. The summed E-state index contributed by atoms with van der Waals surface area (Å²) >= 11 is 0. The highest BCUT2D eigenvalue weighted by molar-refractivity contribution is 5.15. The van der Waals surface area contributed by atoms with Gasteiger partial charge in [0.1, 0.15) is 5.76 Å². The first kappa shape index (κ1) is 17.3. The summed E-state index contributed by atoms with van der Waals surface area (Å²) in [6.45, 7) is 11.1. The molecule has 1 aromatic heterocycles. The third-order valence-corrected chi connectivity index (χ3v) is 3.66. The Hall–Kier alpha value is -0.800. The molecule has 0 aliphatic carbocycles. The van der Waals surface area contributed by atoms with Crippen LogP contribution in [-0.2, 0) is 17.9 Å². The smallest absolute Gasteiger partial charge is 0.123 e. The second-order valence-electron chi connectivity index (χ2n) is 5.84. The molecule has 0 saturated carbocycles. The van der Waals surface area contributed by atoms with Crippen LogP contribution in [0.25, 0.3) is 0 Å². The van der Waals surface area contributed by atoms with Crippen molar-refractivity contribution in [2.24, 2.45) is 5.92 Å². The summed E-state index contributed by atoms with van der Waals surface area (Å²) in [6.07, 6.45) is 6.80. The molecule has 0 aliphatic heterocycles. The van der Waals surface area contributed by atoms with Crippen LogP contribution in [0.2, 0.25) is 0 Å². The van der Waals surface area contributed by atoms with Crippen LogP contribution in [0, 0.1) is 5.92 Å². The van der Waals surface area contributed by atoms with Crippen molar-refractivity contribution < 1.29 is 9.15 Å². The molecule has 0 aliphatic rings. The van der Waals surface area contributed by atoms with Crippen molar-refractivity contribution >= 4 is 0 Å². The van der Waals surface area contributed by atoms with E-state index in [2.05, 4.69) is 33.0 Å². The number of hydrogen-bond acceptors (Lipinski definition) is 3. The molecule has 1 rings (SSSR count). The molecule has 3 heteroatoms. The third-order valence-electron chi connectivity index (χ3n) is 3.66. The summed E-state index contributed by atoms with van der Waals surface area (Å²) in [5, 5.41) is 3.38. The van der Waals surface area contributed by atoms with Crippen LogP contribution in [0.3, 0.4) is 0 Å². The first-order valence-electron chi connectivity index (χ1n) is 8.03. The van der Waals surface area contributed by atoms with E-state index >= 15 is 0 Å².